The van der Waals surface area contributed by atoms with Gasteiger partial charge in [0, 0.05) is 59.7 Å². The first-order valence-electron chi connectivity index (χ1n) is 30.5. The molecule has 0 aromatic heterocycles. The second-order valence-corrected chi connectivity index (χ2v) is 23.4. The van der Waals surface area contributed by atoms with Crippen molar-refractivity contribution < 1.29 is 137 Å². The van der Waals surface area contributed by atoms with Crippen molar-refractivity contribution in [1.82, 2.24) is 42.5 Å². The Balaban J connectivity index is 1.65. The van der Waals surface area contributed by atoms with Gasteiger partial charge in [0.15, 0.2) is 18.9 Å². The van der Waals surface area contributed by atoms with E-state index < -0.39 is 189 Å². The molecule has 3 saturated heterocycles. The lowest BCUT2D eigenvalue weighted by Crippen LogP contribution is -2.64. The topological polar surface area (TPSA) is 527 Å². The molecule has 0 aliphatic carbocycles. The van der Waals surface area contributed by atoms with Crippen molar-refractivity contribution in [2.75, 3.05) is 106 Å². The Kier molecular flexibility index (Phi) is 36.8. The van der Waals surface area contributed by atoms with Crippen LogP contribution < -0.4 is 42.5 Å². The first-order chi connectivity index (χ1) is 43.4. The van der Waals surface area contributed by atoms with E-state index in [2.05, 4.69) is 42.5 Å². The lowest BCUT2D eigenvalue weighted by molar-refractivity contribution is -0.272. The van der Waals surface area contributed by atoms with Gasteiger partial charge in [-0.3, -0.25) is 38.4 Å². The number of carbonyl (C=O) groups is 8. The van der Waals surface area contributed by atoms with Crippen LogP contribution in [-0.4, -0.2) is 319 Å². The number of ether oxygens (including phenoxy) is 10. The maximum atomic E-state index is 13.7. The summed E-state index contributed by atoms with van der Waals surface area (Å²) in [7, 11) is 0. The van der Waals surface area contributed by atoms with Gasteiger partial charge in [-0.1, -0.05) is 0 Å². The molecule has 0 saturated carbocycles. The van der Waals surface area contributed by atoms with Crippen molar-refractivity contribution in [3.63, 3.8) is 0 Å². The highest BCUT2D eigenvalue weighted by atomic mass is 16.7. The number of nitrogens with one attached hydrogen (secondary N) is 8. The molecule has 8 amide bonds. The highest BCUT2D eigenvalue weighted by molar-refractivity contribution is 5.90. The minimum atomic E-state index is -1.54. The Morgan fingerprint density at radius 2 is 0.772 bits per heavy atom. The molecule has 92 heavy (non-hydrogen) atoms. The summed E-state index contributed by atoms with van der Waals surface area (Å²) in [5.74, 6) is -5.01. The Labute approximate surface area is 533 Å². The van der Waals surface area contributed by atoms with Crippen molar-refractivity contribution in [2.24, 2.45) is 0 Å². The van der Waals surface area contributed by atoms with Crippen LogP contribution in [0.15, 0.2) is 0 Å². The molecule has 17 atom stereocenters. The Morgan fingerprint density at radius 3 is 1.10 bits per heavy atom. The average Bonchev–Trinajstić information content (AvgIpc) is 0.857. The zero-order valence-electron chi connectivity index (χ0n) is 53.2. The number of aliphatic hydroxyl groups is 10. The van der Waals surface area contributed by atoms with Gasteiger partial charge in [0.1, 0.15) is 85.1 Å². The van der Waals surface area contributed by atoms with Crippen LogP contribution >= 0.6 is 0 Å². The maximum Gasteiger partial charge on any atom is 0.242 e. The monoisotopic (exact) mass is 1330 g/mol. The van der Waals surface area contributed by atoms with E-state index >= 15 is 0 Å². The van der Waals surface area contributed by atoms with Crippen molar-refractivity contribution in [3.8, 4) is 0 Å². The molecule has 0 aromatic carbocycles. The molecule has 0 radical (unpaired) electrons. The third-order valence-electron chi connectivity index (χ3n) is 14.3. The van der Waals surface area contributed by atoms with Crippen LogP contribution in [0.4, 0.5) is 0 Å². The van der Waals surface area contributed by atoms with Gasteiger partial charge < -0.3 is 141 Å². The lowest BCUT2D eigenvalue weighted by Gasteiger charge is -2.42. The molecule has 0 bridgehead atoms. The van der Waals surface area contributed by atoms with E-state index in [1.807, 2.05) is 0 Å². The fourth-order valence-corrected chi connectivity index (χ4v) is 9.38. The third kappa shape index (κ3) is 29.7. The normalized spacial score (nSPS) is 27.4. The Bertz CT molecular complexity index is 2260. The molecule has 0 aromatic rings. The minimum absolute atomic E-state index is 0.0244. The van der Waals surface area contributed by atoms with E-state index in [4.69, 9.17) is 47.4 Å². The summed E-state index contributed by atoms with van der Waals surface area (Å²) in [6.45, 7) is 6.86. The molecule has 0 spiro atoms. The van der Waals surface area contributed by atoms with Gasteiger partial charge in [0.2, 0.25) is 47.3 Å². The smallest absolute Gasteiger partial charge is 0.242 e. The quantitative estimate of drug-likeness (QED) is 0.0252. The largest absolute Gasteiger partial charge is 0.394 e. The second-order valence-electron chi connectivity index (χ2n) is 23.4. The predicted molar refractivity (Wildman–Crippen MR) is 313 cm³/mol. The molecule has 3 fully saturated rings. The van der Waals surface area contributed by atoms with Gasteiger partial charge >= 0.3 is 0 Å². The summed E-state index contributed by atoms with van der Waals surface area (Å²) in [4.78, 5) is 103. The van der Waals surface area contributed by atoms with E-state index in [0.717, 1.165) is 0 Å². The van der Waals surface area contributed by atoms with E-state index in [-0.39, 0.29) is 118 Å². The highest BCUT2D eigenvalue weighted by Crippen LogP contribution is 2.25. The fourth-order valence-electron chi connectivity index (χ4n) is 9.38. The van der Waals surface area contributed by atoms with Gasteiger partial charge in [-0.2, -0.15) is 0 Å². The minimum Gasteiger partial charge on any atom is -0.394 e. The molecular weight excluding hydrogens is 1230 g/mol. The summed E-state index contributed by atoms with van der Waals surface area (Å²) in [6, 6.07) is -6.22. The number of rotatable bonds is 43. The van der Waals surface area contributed by atoms with Crippen LogP contribution in [-0.2, 0) is 85.7 Å². The molecule has 36 heteroatoms. The van der Waals surface area contributed by atoms with E-state index in [1.54, 1.807) is 27.7 Å². The van der Waals surface area contributed by atoms with Gasteiger partial charge in [-0.25, -0.2) is 0 Å². The summed E-state index contributed by atoms with van der Waals surface area (Å²) in [5, 5.41) is 122. The number of hydrogen-bond donors (Lipinski definition) is 18. The molecule has 3 heterocycles. The first kappa shape index (κ1) is 81.2. The van der Waals surface area contributed by atoms with Gasteiger partial charge in [0.25, 0.3) is 0 Å². The number of amides is 8. The molecule has 3 rings (SSSR count). The number of hydrogen-bond acceptors (Lipinski definition) is 28. The van der Waals surface area contributed by atoms with Crippen molar-refractivity contribution in [2.45, 2.75) is 202 Å². The first-order valence-corrected chi connectivity index (χ1v) is 30.5. The summed E-state index contributed by atoms with van der Waals surface area (Å²) in [6.07, 6.45) is -17.9. The number of carbonyl (C=O) groups excluding carboxylic acids is 8. The summed E-state index contributed by atoms with van der Waals surface area (Å²) in [5.41, 5.74) is -2.04. The predicted octanol–water partition coefficient (Wildman–Crippen LogP) is -8.86. The van der Waals surface area contributed by atoms with Crippen LogP contribution in [0.3, 0.4) is 0 Å². The van der Waals surface area contributed by atoms with Crippen LogP contribution in [0.1, 0.15) is 87.0 Å². The fraction of sp³-hybridized carbons (Fsp3) is 0.857. The lowest BCUT2D eigenvalue weighted by atomic mass is 9.97. The highest BCUT2D eigenvalue weighted by Gasteiger charge is 2.48. The van der Waals surface area contributed by atoms with Crippen LogP contribution in [0.25, 0.3) is 0 Å². The zero-order chi connectivity index (χ0) is 68.7. The Hall–Kier alpha value is -5.04. The van der Waals surface area contributed by atoms with Gasteiger partial charge in [-0.05, 0) is 47.0 Å². The number of aliphatic hydroxyl groups excluding tert-OH is 9. The molecule has 17 unspecified atom stereocenters. The second kappa shape index (κ2) is 41.7. The summed E-state index contributed by atoms with van der Waals surface area (Å²) >= 11 is 0. The average molecular weight is 1330 g/mol. The molecule has 3 aliphatic rings. The van der Waals surface area contributed by atoms with Crippen molar-refractivity contribution in [1.29, 1.82) is 0 Å². The molecule has 36 nitrogen and oxygen atoms in total. The van der Waals surface area contributed by atoms with E-state index in [9.17, 15) is 89.4 Å². The molecule has 3 aliphatic heterocycles. The van der Waals surface area contributed by atoms with Gasteiger partial charge in [-0.15, -0.1) is 0 Å². The van der Waals surface area contributed by atoms with E-state index in [0.29, 0.717) is 0 Å². The Morgan fingerprint density at radius 1 is 0.446 bits per heavy atom. The third-order valence-corrected chi connectivity index (χ3v) is 14.3. The van der Waals surface area contributed by atoms with Gasteiger partial charge in [0.05, 0.1) is 97.1 Å². The molecule has 18 N–H and O–H groups in total. The van der Waals surface area contributed by atoms with Crippen LogP contribution in [0, 0.1) is 0 Å². The zero-order valence-corrected chi connectivity index (χ0v) is 53.2. The van der Waals surface area contributed by atoms with Crippen LogP contribution in [0.5, 0.6) is 0 Å². The summed E-state index contributed by atoms with van der Waals surface area (Å²) < 4.78 is 56.0. The maximum absolute atomic E-state index is 13.7. The van der Waals surface area contributed by atoms with E-state index in [1.165, 1.54) is 20.8 Å². The molecule has 532 valence electrons. The molecular formula is C56H100N8O28. The van der Waals surface area contributed by atoms with Crippen LogP contribution in [0.2, 0.25) is 0 Å². The van der Waals surface area contributed by atoms with Crippen molar-refractivity contribution >= 4 is 47.3 Å². The SMILES string of the molecule is CC(=O)NC1C(OCCOCCNC(=O)CCC(NC(=O)CCC(NC(=O)CCC(C)(C)OCC(C)(C)O)C(=O)NCCOCCOC2OC(CO)C(O)C(O)C2NC(C)=O)C(=O)NCCOCCOC2OC(CO)C(O)C(O)C2NC(C)=O)OC(CO)C(O)C1O. The standard InChI is InChI=1S/C56H100N8O28/c1-30(68)60-41-47(77)44(74)35(26-65)90-52(41)86-23-20-83-17-14-57-38(71)10-8-33(50(80)58-15-18-84-21-24-87-53-42(61-31(2)69)48(78)45(75)36(27-66)91-53)63-39(72)11-9-34(64-40(73)12-13-56(6,7)89-29-55(4,5)82)51(81)59-16-19-85-22-25-88-54-43(62-32(3)70)49(79)46(76)37(28-67)92-54/h33-37,41-49,52-54,65-67,74-79,82H,8-29H2,1-7H3,(H,57,71)(H,58,80)(H,59,81)(H,60,68)(H,61,69)(H,62,70)(H,63,72)(H,64,73). The van der Waals surface area contributed by atoms with Crippen molar-refractivity contribution in [3.05, 3.63) is 0 Å².